The van der Waals surface area contributed by atoms with E-state index in [1.165, 1.54) is 0 Å². The van der Waals surface area contributed by atoms with Crippen molar-refractivity contribution >= 4 is 0 Å². The zero-order valence-electron chi connectivity index (χ0n) is 4.05. The minimum Gasteiger partial charge on any atom is -1.00 e. The first kappa shape index (κ1) is 16.0. The molecule has 0 amide bonds. The molecule has 0 bridgehead atoms. The van der Waals surface area contributed by atoms with Crippen LogP contribution in [0.3, 0.4) is 0 Å². The molecule has 48 valence electrons. The molecule has 0 saturated carbocycles. The molecule has 0 aromatic carbocycles. The molecule has 0 atom stereocenters. The molecule has 3 heteroatoms. The maximum atomic E-state index is 2.99. The largest absolute Gasteiger partial charge is 2.00 e. The van der Waals surface area contributed by atoms with Gasteiger partial charge in [-0.15, -0.1) is 6.42 Å². The van der Waals surface area contributed by atoms with Crippen molar-refractivity contribution in [3.63, 3.8) is 0 Å². The second kappa shape index (κ2) is 11.0. The first-order valence-corrected chi connectivity index (χ1v) is 1.72. The summed E-state index contributed by atoms with van der Waals surface area (Å²) in [7, 11) is 0. The van der Waals surface area contributed by atoms with Gasteiger partial charge in [-0.25, -0.2) is 12.2 Å². The summed E-state index contributed by atoms with van der Waals surface area (Å²) in [4.78, 5) is 0. The van der Waals surface area contributed by atoms with Crippen LogP contribution in [-0.4, -0.2) is 0 Å². The van der Waals surface area contributed by atoms with E-state index in [0.29, 0.717) is 0 Å². The van der Waals surface area contributed by atoms with Gasteiger partial charge in [-0.2, -0.15) is 6.08 Å². The molecule has 1 aliphatic carbocycles. The van der Waals surface area contributed by atoms with Gasteiger partial charge in [0.2, 0.25) is 0 Å². The summed E-state index contributed by atoms with van der Waals surface area (Å²) in [6.07, 6.45) is 10.0. The molecule has 0 aromatic rings. The van der Waals surface area contributed by atoms with Crippen molar-refractivity contribution in [2.24, 2.45) is 0 Å². The predicted octanol–water partition coefficient (Wildman–Crippen LogP) is -4.69. The fraction of sp³-hybridized carbons (Fsp3) is 0.200. The van der Waals surface area contributed by atoms with Gasteiger partial charge in [0.25, 0.3) is 0 Å². The van der Waals surface area contributed by atoms with E-state index < -0.39 is 0 Å². The van der Waals surface area contributed by atoms with Crippen molar-refractivity contribution in [3.8, 4) is 0 Å². The Morgan fingerprint density at radius 2 is 1.88 bits per heavy atom. The van der Waals surface area contributed by atoms with Crippen LogP contribution in [0.1, 0.15) is 6.42 Å². The average Bonchev–Trinajstić information content (AvgIpc) is 1.76. The van der Waals surface area contributed by atoms with Crippen LogP contribution in [0.4, 0.5) is 0 Å². The number of hydrogen-bond donors (Lipinski definition) is 0. The van der Waals surface area contributed by atoms with Crippen LogP contribution in [0, 0.1) is 6.08 Å². The molecule has 0 aliphatic heterocycles. The zero-order valence-corrected chi connectivity index (χ0v) is 9.76. The molecule has 1 rings (SSSR count). The topological polar surface area (TPSA) is 0 Å². The second-order valence-corrected chi connectivity index (χ2v) is 1.00. The van der Waals surface area contributed by atoms with Gasteiger partial charge < -0.3 is 34.0 Å². The minimum atomic E-state index is 0. The van der Waals surface area contributed by atoms with Crippen molar-refractivity contribution in [2.75, 3.05) is 0 Å². The SMILES string of the molecule is [Br-].[Br-].[C-]1=CC=CC1.[Os+2]. The molecule has 1 aliphatic rings. The van der Waals surface area contributed by atoms with Crippen LogP contribution in [0.25, 0.3) is 0 Å². The van der Waals surface area contributed by atoms with Gasteiger partial charge in [0, 0.05) is 0 Å². The summed E-state index contributed by atoms with van der Waals surface area (Å²) in [5, 5.41) is 0. The number of halogens is 2. The van der Waals surface area contributed by atoms with E-state index in [2.05, 4.69) is 12.2 Å². The van der Waals surface area contributed by atoms with Gasteiger partial charge >= 0.3 is 19.8 Å². The standard InChI is InChI=1S/C5H5.2BrH.Os/c1-2-4-5-3-1;;;/h1-3H,4H2;2*1H;/q-1;;;+2/p-2. The number of allylic oxidation sites excluding steroid dienone is 4. The van der Waals surface area contributed by atoms with Gasteiger partial charge in [-0.05, 0) is 0 Å². The number of rotatable bonds is 0. The summed E-state index contributed by atoms with van der Waals surface area (Å²) in [5.41, 5.74) is 0. The van der Waals surface area contributed by atoms with E-state index in [9.17, 15) is 0 Å². The van der Waals surface area contributed by atoms with Crippen molar-refractivity contribution in [1.29, 1.82) is 0 Å². The average molecular weight is 415 g/mol. The predicted molar refractivity (Wildman–Crippen MR) is 21.6 cm³/mol. The van der Waals surface area contributed by atoms with Crippen molar-refractivity contribution < 1.29 is 53.8 Å². The fourth-order valence-electron chi connectivity index (χ4n) is 0.340. The first-order valence-electron chi connectivity index (χ1n) is 1.72. The summed E-state index contributed by atoms with van der Waals surface area (Å²) < 4.78 is 0. The monoisotopic (exact) mass is 415 g/mol. The van der Waals surface area contributed by atoms with Crippen molar-refractivity contribution in [3.05, 3.63) is 24.3 Å². The Bertz CT molecular complexity index is 68.5. The molecule has 0 aromatic heterocycles. The summed E-state index contributed by atoms with van der Waals surface area (Å²) in [6, 6.07) is 0. The third kappa shape index (κ3) is 7.08. The molecule has 0 spiro atoms. The van der Waals surface area contributed by atoms with E-state index >= 15 is 0 Å². The minimum absolute atomic E-state index is 0. The molecule has 0 N–H and O–H groups in total. The Morgan fingerprint density at radius 3 is 2.00 bits per heavy atom. The zero-order chi connectivity index (χ0) is 3.54. The van der Waals surface area contributed by atoms with E-state index in [1.807, 2.05) is 12.2 Å². The molecule has 0 saturated heterocycles. The Hall–Kier alpha value is 1.08. The molecule has 0 radical (unpaired) electrons. The Balaban J connectivity index is -0.0000000833. The molecule has 0 nitrogen and oxygen atoms in total. The van der Waals surface area contributed by atoms with Crippen LogP contribution < -0.4 is 34.0 Å². The van der Waals surface area contributed by atoms with Crippen LogP contribution in [0.5, 0.6) is 0 Å². The van der Waals surface area contributed by atoms with Crippen LogP contribution >= 0.6 is 0 Å². The second-order valence-electron chi connectivity index (χ2n) is 1.00. The molecule has 0 heterocycles. The molecule has 0 fully saturated rings. The third-order valence-electron chi connectivity index (χ3n) is 0.586. The van der Waals surface area contributed by atoms with Gasteiger partial charge in [0.15, 0.2) is 0 Å². The van der Waals surface area contributed by atoms with Crippen LogP contribution in [0.2, 0.25) is 0 Å². The van der Waals surface area contributed by atoms with Crippen molar-refractivity contribution in [1.82, 2.24) is 0 Å². The molecule has 8 heavy (non-hydrogen) atoms. The molecular weight excluding hydrogens is 410 g/mol. The summed E-state index contributed by atoms with van der Waals surface area (Å²) in [6.45, 7) is 0. The van der Waals surface area contributed by atoms with E-state index in [4.69, 9.17) is 0 Å². The summed E-state index contributed by atoms with van der Waals surface area (Å²) >= 11 is 0. The Labute approximate surface area is 84.0 Å². The quantitative estimate of drug-likeness (QED) is 0.349. The first-order chi connectivity index (χ1) is 2.50. The summed E-state index contributed by atoms with van der Waals surface area (Å²) in [5.74, 6) is 0. The van der Waals surface area contributed by atoms with Crippen LogP contribution in [0.15, 0.2) is 18.2 Å². The maximum absolute atomic E-state index is 2.99. The maximum Gasteiger partial charge on any atom is 2.00 e. The molecular formula is C5H5Br2Os-. The number of hydrogen-bond acceptors (Lipinski definition) is 0. The van der Waals surface area contributed by atoms with E-state index in [1.54, 1.807) is 0 Å². The van der Waals surface area contributed by atoms with E-state index in [-0.39, 0.29) is 53.8 Å². The third-order valence-corrected chi connectivity index (χ3v) is 0.586. The van der Waals surface area contributed by atoms with Gasteiger partial charge in [-0.3, -0.25) is 6.08 Å². The smallest absolute Gasteiger partial charge is 1.00 e. The van der Waals surface area contributed by atoms with E-state index in [0.717, 1.165) is 6.42 Å². The Morgan fingerprint density at radius 1 is 1.25 bits per heavy atom. The van der Waals surface area contributed by atoms with Crippen molar-refractivity contribution in [2.45, 2.75) is 6.42 Å². The molecule has 0 unspecified atom stereocenters. The van der Waals surface area contributed by atoms with Crippen LogP contribution in [-0.2, 0) is 19.8 Å². The van der Waals surface area contributed by atoms with Gasteiger partial charge in [0.05, 0.1) is 0 Å². The Kier molecular flexibility index (Phi) is 22.0. The van der Waals surface area contributed by atoms with Gasteiger partial charge in [0.1, 0.15) is 0 Å². The normalized spacial score (nSPS) is 11.0. The van der Waals surface area contributed by atoms with Gasteiger partial charge in [-0.1, -0.05) is 0 Å². The fourth-order valence-corrected chi connectivity index (χ4v) is 0.340.